The smallest absolute Gasteiger partial charge is 0.228 e. The number of para-hydroxylation sites is 1. The first-order chi connectivity index (χ1) is 15.0. The predicted molar refractivity (Wildman–Crippen MR) is 121 cm³/mol. The maximum absolute atomic E-state index is 14.0. The molecular weight excluding hydrogens is 386 g/mol. The van der Waals surface area contributed by atoms with E-state index in [1.165, 1.54) is 24.8 Å². The highest BCUT2D eigenvalue weighted by atomic mass is 16.5. The molecule has 0 N–H and O–H groups in total. The molecule has 0 unspecified atom stereocenters. The van der Waals surface area contributed by atoms with Crippen LogP contribution in [0.5, 0.6) is 11.5 Å². The van der Waals surface area contributed by atoms with Gasteiger partial charge in [-0.25, -0.2) is 0 Å². The molecule has 2 aromatic rings. The number of hydrogen-bond acceptors (Lipinski definition) is 3. The summed E-state index contributed by atoms with van der Waals surface area (Å²) in [5.74, 6) is 3.08. The third-order valence-electron chi connectivity index (χ3n) is 8.14. The molecule has 0 spiro atoms. The van der Waals surface area contributed by atoms with Gasteiger partial charge in [-0.15, -0.1) is 0 Å². The second-order valence-electron chi connectivity index (χ2n) is 10.2. The van der Waals surface area contributed by atoms with Crippen molar-refractivity contribution in [3.05, 3.63) is 59.7 Å². The fourth-order valence-electron chi connectivity index (χ4n) is 7.45. The van der Waals surface area contributed by atoms with E-state index < -0.39 is 0 Å². The van der Waals surface area contributed by atoms with Gasteiger partial charge in [-0.05, 0) is 67.4 Å². The minimum Gasteiger partial charge on any atom is -0.493 e. The van der Waals surface area contributed by atoms with Crippen molar-refractivity contribution < 1.29 is 14.3 Å². The van der Waals surface area contributed by atoms with E-state index in [-0.39, 0.29) is 10.8 Å². The monoisotopic (exact) mass is 419 g/mol. The van der Waals surface area contributed by atoms with Gasteiger partial charge < -0.3 is 14.4 Å². The van der Waals surface area contributed by atoms with Crippen molar-refractivity contribution in [2.75, 3.05) is 21.3 Å². The van der Waals surface area contributed by atoms with Gasteiger partial charge >= 0.3 is 0 Å². The summed E-state index contributed by atoms with van der Waals surface area (Å²) in [7, 11) is 5.26. The third kappa shape index (κ3) is 3.31. The molecule has 6 rings (SSSR count). The lowest BCUT2D eigenvalue weighted by atomic mass is 9.42. The molecule has 4 saturated carbocycles. The van der Waals surface area contributed by atoms with Crippen LogP contribution < -0.4 is 9.47 Å². The normalized spacial score (nSPS) is 30.8. The van der Waals surface area contributed by atoms with Crippen molar-refractivity contribution in [1.29, 1.82) is 0 Å². The minimum atomic E-state index is -0.221. The number of ether oxygens (including phenoxy) is 2. The van der Waals surface area contributed by atoms with Gasteiger partial charge in [-0.3, -0.25) is 4.79 Å². The van der Waals surface area contributed by atoms with E-state index in [4.69, 9.17) is 9.47 Å². The van der Waals surface area contributed by atoms with Gasteiger partial charge in [0, 0.05) is 19.2 Å². The highest BCUT2D eigenvalue weighted by molar-refractivity contribution is 5.83. The standard InChI is InChI=1S/C27H33NO3/c1-28(17-21-8-7-11-23(30-2)24(21)31-3)25(29)27-15-19-12-20(16-27)14-26(13-19,18-27)22-9-5-4-6-10-22/h4-11,19-20H,12-18H2,1-3H3/t19-,20-,26?,27?/m1/s1. The molecule has 4 nitrogen and oxygen atoms in total. The van der Waals surface area contributed by atoms with E-state index in [9.17, 15) is 4.79 Å². The summed E-state index contributed by atoms with van der Waals surface area (Å²) in [5.41, 5.74) is 2.38. The number of benzene rings is 2. The van der Waals surface area contributed by atoms with Crippen LogP contribution in [-0.2, 0) is 16.8 Å². The van der Waals surface area contributed by atoms with Crippen LogP contribution in [0.15, 0.2) is 48.5 Å². The van der Waals surface area contributed by atoms with Crippen LogP contribution in [0.2, 0.25) is 0 Å². The molecule has 0 aromatic heterocycles. The van der Waals surface area contributed by atoms with Crippen LogP contribution in [0.3, 0.4) is 0 Å². The molecule has 0 heterocycles. The lowest BCUT2D eigenvalue weighted by molar-refractivity contribution is -0.159. The average molecular weight is 420 g/mol. The van der Waals surface area contributed by atoms with Crippen molar-refractivity contribution in [1.82, 2.24) is 4.90 Å². The SMILES string of the molecule is COc1cccc(CN(C)C(=O)C23C[C@@H]4C[C@@H](C2)CC(c2ccccc2)(C4)C3)c1OC. The molecule has 164 valence electrons. The Hall–Kier alpha value is -2.49. The second-order valence-corrected chi connectivity index (χ2v) is 10.2. The summed E-state index contributed by atoms with van der Waals surface area (Å²) in [6, 6.07) is 16.9. The van der Waals surface area contributed by atoms with Crippen LogP contribution in [-0.4, -0.2) is 32.1 Å². The predicted octanol–water partition coefficient (Wildman–Crippen LogP) is 5.20. The summed E-state index contributed by atoms with van der Waals surface area (Å²) in [4.78, 5) is 15.9. The number of methoxy groups -OCH3 is 2. The third-order valence-corrected chi connectivity index (χ3v) is 8.14. The Labute approximate surface area is 185 Å². The molecular formula is C27H33NO3. The van der Waals surface area contributed by atoms with Gasteiger partial charge in [0.2, 0.25) is 5.91 Å². The Morgan fingerprint density at radius 1 is 0.968 bits per heavy atom. The van der Waals surface area contributed by atoms with Crippen molar-refractivity contribution >= 4 is 5.91 Å². The summed E-state index contributed by atoms with van der Waals surface area (Å²) >= 11 is 0. The van der Waals surface area contributed by atoms with Crippen molar-refractivity contribution in [3.63, 3.8) is 0 Å². The molecule has 2 atom stereocenters. The van der Waals surface area contributed by atoms with Crippen LogP contribution in [0.1, 0.15) is 49.7 Å². The van der Waals surface area contributed by atoms with Gasteiger partial charge in [0.15, 0.2) is 11.5 Å². The fourth-order valence-corrected chi connectivity index (χ4v) is 7.45. The Kier molecular flexibility index (Phi) is 4.99. The second kappa shape index (κ2) is 7.58. The molecule has 0 aliphatic heterocycles. The number of nitrogens with zero attached hydrogens (tertiary/aromatic N) is 1. The van der Waals surface area contributed by atoms with Gasteiger partial charge in [-0.2, -0.15) is 0 Å². The lowest BCUT2D eigenvalue weighted by Crippen LogP contribution is -2.59. The van der Waals surface area contributed by atoms with E-state index >= 15 is 0 Å². The molecule has 4 fully saturated rings. The lowest BCUT2D eigenvalue weighted by Gasteiger charge is -2.62. The van der Waals surface area contributed by atoms with Crippen LogP contribution >= 0.6 is 0 Å². The highest BCUT2D eigenvalue weighted by Crippen LogP contribution is 2.66. The number of hydrogen-bond donors (Lipinski definition) is 0. The largest absolute Gasteiger partial charge is 0.493 e. The van der Waals surface area contributed by atoms with Gasteiger partial charge in [-0.1, -0.05) is 42.5 Å². The number of rotatable bonds is 6. The zero-order valence-corrected chi connectivity index (χ0v) is 18.9. The molecule has 4 aliphatic carbocycles. The van der Waals surface area contributed by atoms with E-state index in [0.717, 1.165) is 30.6 Å². The molecule has 1 amide bonds. The van der Waals surface area contributed by atoms with Gasteiger partial charge in [0.1, 0.15) is 0 Å². The van der Waals surface area contributed by atoms with Gasteiger partial charge in [0.05, 0.1) is 19.6 Å². The molecule has 4 bridgehead atoms. The van der Waals surface area contributed by atoms with Crippen molar-refractivity contribution in [2.45, 2.75) is 50.5 Å². The Balaban J connectivity index is 1.43. The van der Waals surface area contributed by atoms with Crippen LogP contribution in [0.4, 0.5) is 0 Å². The molecule has 31 heavy (non-hydrogen) atoms. The summed E-state index contributed by atoms with van der Waals surface area (Å²) in [5, 5.41) is 0. The molecule has 2 aromatic carbocycles. The maximum Gasteiger partial charge on any atom is 0.228 e. The van der Waals surface area contributed by atoms with E-state index in [1.54, 1.807) is 14.2 Å². The Bertz CT molecular complexity index is 956. The zero-order valence-electron chi connectivity index (χ0n) is 18.9. The topological polar surface area (TPSA) is 38.8 Å². The number of carbonyl (C=O) groups excluding carboxylic acids is 1. The minimum absolute atomic E-state index is 0.176. The van der Waals surface area contributed by atoms with Gasteiger partial charge in [0.25, 0.3) is 0 Å². The molecule has 0 radical (unpaired) electrons. The summed E-state index contributed by atoms with van der Waals surface area (Å²) in [6.07, 6.45) is 6.89. The first-order valence-electron chi connectivity index (χ1n) is 11.5. The van der Waals surface area contributed by atoms with Crippen LogP contribution in [0, 0.1) is 17.3 Å². The highest BCUT2D eigenvalue weighted by Gasteiger charge is 2.61. The first-order valence-corrected chi connectivity index (χ1v) is 11.5. The van der Waals surface area contributed by atoms with E-state index in [0.29, 0.717) is 30.0 Å². The van der Waals surface area contributed by atoms with Crippen molar-refractivity contribution in [3.8, 4) is 11.5 Å². The fraction of sp³-hybridized carbons (Fsp3) is 0.519. The molecule has 4 aliphatic rings. The molecule has 4 heteroatoms. The molecule has 0 saturated heterocycles. The zero-order chi connectivity index (χ0) is 21.6. The maximum atomic E-state index is 14.0. The van der Waals surface area contributed by atoms with E-state index in [1.807, 2.05) is 30.1 Å². The average Bonchev–Trinajstić information content (AvgIpc) is 2.78. The Morgan fingerprint density at radius 3 is 2.32 bits per heavy atom. The van der Waals surface area contributed by atoms with Crippen molar-refractivity contribution in [2.24, 2.45) is 17.3 Å². The quantitative estimate of drug-likeness (QED) is 0.646. The van der Waals surface area contributed by atoms with Crippen LogP contribution in [0.25, 0.3) is 0 Å². The number of carbonyl (C=O) groups is 1. The first kappa shape index (κ1) is 20.4. The number of amides is 1. The summed E-state index contributed by atoms with van der Waals surface area (Å²) < 4.78 is 11.1. The summed E-state index contributed by atoms with van der Waals surface area (Å²) in [6.45, 7) is 0.536. The Morgan fingerprint density at radius 2 is 1.68 bits per heavy atom. The van der Waals surface area contributed by atoms with E-state index in [2.05, 4.69) is 30.3 Å².